The van der Waals surface area contributed by atoms with E-state index in [0.29, 0.717) is 0 Å². The first kappa shape index (κ1) is 9.47. The van der Waals surface area contributed by atoms with Gasteiger partial charge in [0.15, 0.2) is 0 Å². The molecule has 0 aliphatic carbocycles. The van der Waals surface area contributed by atoms with Gasteiger partial charge in [-0.05, 0) is 26.1 Å². The maximum atomic E-state index is 5.61. The van der Waals surface area contributed by atoms with Crippen LogP contribution in [0, 0.1) is 6.92 Å². The molecule has 0 saturated carbocycles. The Kier molecular flexibility index (Phi) is 4.99. The van der Waals surface area contributed by atoms with Gasteiger partial charge in [-0.15, -0.1) is 0 Å². The van der Waals surface area contributed by atoms with E-state index in [1.54, 1.807) is 0 Å². The van der Waals surface area contributed by atoms with E-state index in [-0.39, 0.29) is 0 Å². The molecule has 0 fully saturated rings. The predicted octanol–water partition coefficient (Wildman–Crippen LogP) is 2.22. The van der Waals surface area contributed by atoms with Crippen molar-refractivity contribution in [2.75, 3.05) is 7.05 Å². The molecule has 0 heterocycles. The minimum absolute atomic E-state index is 0.801. The van der Waals surface area contributed by atoms with Crippen LogP contribution >= 0.6 is 11.6 Å². The van der Waals surface area contributed by atoms with Gasteiger partial charge in [0, 0.05) is 5.02 Å². The molecule has 0 spiro atoms. The largest absolute Gasteiger partial charge is 0.333 e. The van der Waals surface area contributed by atoms with Crippen LogP contribution in [-0.2, 0) is 0 Å². The lowest BCUT2D eigenvalue weighted by Crippen LogP contribution is -1.69. The SMILES string of the molecule is CN.Cc1ccc(Cl)cc1. The van der Waals surface area contributed by atoms with E-state index in [1.807, 2.05) is 31.2 Å². The van der Waals surface area contributed by atoms with Crippen molar-refractivity contribution in [2.24, 2.45) is 5.73 Å². The number of nitrogens with two attached hydrogens (primary N) is 1. The van der Waals surface area contributed by atoms with Gasteiger partial charge < -0.3 is 5.73 Å². The number of hydrogen-bond acceptors (Lipinski definition) is 1. The Morgan fingerprint density at radius 3 is 1.80 bits per heavy atom. The Morgan fingerprint density at radius 1 is 1.10 bits per heavy atom. The van der Waals surface area contributed by atoms with Crippen molar-refractivity contribution in [1.29, 1.82) is 0 Å². The minimum atomic E-state index is 0.801. The van der Waals surface area contributed by atoms with Crippen LogP contribution in [0.5, 0.6) is 0 Å². The summed E-state index contributed by atoms with van der Waals surface area (Å²) in [6, 6.07) is 7.75. The van der Waals surface area contributed by atoms with E-state index < -0.39 is 0 Å². The van der Waals surface area contributed by atoms with E-state index in [0.717, 1.165) is 5.02 Å². The van der Waals surface area contributed by atoms with Crippen LogP contribution in [0.4, 0.5) is 0 Å². The molecule has 1 aromatic rings. The Hall–Kier alpha value is -0.530. The Balaban J connectivity index is 0.000000371. The molecular formula is C8H12ClN. The van der Waals surface area contributed by atoms with Crippen LogP contribution in [0.1, 0.15) is 5.56 Å². The van der Waals surface area contributed by atoms with E-state index >= 15 is 0 Å². The van der Waals surface area contributed by atoms with Crippen molar-refractivity contribution >= 4 is 11.6 Å². The maximum absolute atomic E-state index is 5.61. The second kappa shape index (κ2) is 5.27. The highest BCUT2D eigenvalue weighted by molar-refractivity contribution is 6.30. The average Bonchev–Trinajstić information content (AvgIpc) is 2.00. The third-order valence-electron chi connectivity index (χ3n) is 1.01. The van der Waals surface area contributed by atoms with Crippen LogP contribution in [0.3, 0.4) is 0 Å². The van der Waals surface area contributed by atoms with Crippen molar-refractivity contribution in [1.82, 2.24) is 0 Å². The quantitative estimate of drug-likeness (QED) is 0.614. The molecule has 0 aliphatic rings. The number of halogens is 1. The molecule has 0 atom stereocenters. The van der Waals surface area contributed by atoms with E-state index in [1.165, 1.54) is 12.6 Å². The average molecular weight is 158 g/mol. The predicted molar refractivity (Wildman–Crippen MR) is 46.3 cm³/mol. The first-order valence-corrected chi connectivity index (χ1v) is 3.47. The molecule has 2 heteroatoms. The number of hydrogen-bond donors (Lipinski definition) is 1. The van der Waals surface area contributed by atoms with Crippen molar-refractivity contribution < 1.29 is 0 Å². The lowest BCUT2D eigenvalue weighted by molar-refractivity contribution is 1.48. The van der Waals surface area contributed by atoms with Gasteiger partial charge in [0.1, 0.15) is 0 Å². The van der Waals surface area contributed by atoms with Crippen LogP contribution in [0.2, 0.25) is 5.02 Å². The number of rotatable bonds is 0. The van der Waals surface area contributed by atoms with E-state index in [4.69, 9.17) is 11.6 Å². The Morgan fingerprint density at radius 2 is 1.50 bits per heavy atom. The standard InChI is InChI=1S/C7H7Cl.CH5N/c1-6-2-4-7(8)5-3-6;1-2/h2-5H,1H3;2H2,1H3. The third-order valence-corrected chi connectivity index (χ3v) is 1.26. The maximum Gasteiger partial charge on any atom is 0.0406 e. The highest BCUT2D eigenvalue weighted by Crippen LogP contribution is 2.07. The van der Waals surface area contributed by atoms with Gasteiger partial charge in [0.2, 0.25) is 0 Å². The molecule has 2 N–H and O–H groups in total. The summed E-state index contributed by atoms with van der Waals surface area (Å²) in [5.41, 5.74) is 5.74. The van der Waals surface area contributed by atoms with Gasteiger partial charge in [-0.2, -0.15) is 0 Å². The second-order valence-corrected chi connectivity index (χ2v) is 2.23. The zero-order valence-corrected chi connectivity index (χ0v) is 7.02. The molecule has 1 nitrogen and oxygen atoms in total. The first-order valence-electron chi connectivity index (χ1n) is 3.09. The molecule has 0 radical (unpaired) electrons. The summed E-state index contributed by atoms with van der Waals surface area (Å²) in [5.74, 6) is 0. The molecule has 10 heavy (non-hydrogen) atoms. The van der Waals surface area contributed by atoms with Crippen molar-refractivity contribution in [3.8, 4) is 0 Å². The second-order valence-electron chi connectivity index (χ2n) is 1.80. The van der Waals surface area contributed by atoms with Crippen LogP contribution in [-0.4, -0.2) is 7.05 Å². The van der Waals surface area contributed by atoms with Crippen LogP contribution in [0.15, 0.2) is 24.3 Å². The zero-order chi connectivity index (χ0) is 7.98. The minimum Gasteiger partial charge on any atom is -0.333 e. The van der Waals surface area contributed by atoms with Gasteiger partial charge in [0.05, 0.1) is 0 Å². The lowest BCUT2D eigenvalue weighted by atomic mass is 10.2. The number of aryl methyl sites for hydroxylation is 1. The molecular weight excluding hydrogens is 146 g/mol. The van der Waals surface area contributed by atoms with E-state index in [9.17, 15) is 0 Å². The van der Waals surface area contributed by atoms with Crippen molar-refractivity contribution in [3.05, 3.63) is 34.9 Å². The fourth-order valence-electron chi connectivity index (χ4n) is 0.533. The summed E-state index contributed by atoms with van der Waals surface area (Å²) in [5, 5.41) is 0.801. The summed E-state index contributed by atoms with van der Waals surface area (Å²) in [7, 11) is 1.50. The fourth-order valence-corrected chi connectivity index (χ4v) is 0.659. The van der Waals surface area contributed by atoms with Crippen molar-refractivity contribution in [2.45, 2.75) is 6.92 Å². The van der Waals surface area contributed by atoms with Crippen LogP contribution in [0.25, 0.3) is 0 Å². The van der Waals surface area contributed by atoms with Gasteiger partial charge in [-0.1, -0.05) is 29.3 Å². The highest BCUT2D eigenvalue weighted by atomic mass is 35.5. The third kappa shape index (κ3) is 3.49. The van der Waals surface area contributed by atoms with E-state index in [2.05, 4.69) is 5.73 Å². The monoisotopic (exact) mass is 157 g/mol. The van der Waals surface area contributed by atoms with Gasteiger partial charge in [-0.3, -0.25) is 0 Å². The fraction of sp³-hybridized carbons (Fsp3) is 0.250. The summed E-state index contributed by atoms with van der Waals surface area (Å²) in [4.78, 5) is 0. The summed E-state index contributed by atoms with van der Waals surface area (Å²) < 4.78 is 0. The van der Waals surface area contributed by atoms with Crippen molar-refractivity contribution in [3.63, 3.8) is 0 Å². The van der Waals surface area contributed by atoms with Gasteiger partial charge >= 0.3 is 0 Å². The molecule has 1 rings (SSSR count). The number of benzene rings is 1. The van der Waals surface area contributed by atoms with Crippen LogP contribution < -0.4 is 5.73 Å². The molecule has 0 aromatic heterocycles. The summed E-state index contributed by atoms with van der Waals surface area (Å²) in [6.45, 7) is 2.04. The summed E-state index contributed by atoms with van der Waals surface area (Å²) >= 11 is 5.61. The first-order chi connectivity index (χ1) is 4.79. The highest BCUT2D eigenvalue weighted by Gasteiger charge is 1.81. The summed E-state index contributed by atoms with van der Waals surface area (Å²) in [6.07, 6.45) is 0. The molecule has 0 amide bonds. The Bertz CT molecular complexity index is 148. The molecule has 0 saturated heterocycles. The topological polar surface area (TPSA) is 26.0 Å². The lowest BCUT2D eigenvalue weighted by Gasteiger charge is -1.88. The molecule has 0 unspecified atom stereocenters. The smallest absolute Gasteiger partial charge is 0.0406 e. The molecule has 1 aromatic carbocycles. The van der Waals surface area contributed by atoms with Gasteiger partial charge in [-0.25, -0.2) is 0 Å². The van der Waals surface area contributed by atoms with Gasteiger partial charge in [0.25, 0.3) is 0 Å². The normalized spacial score (nSPS) is 8.00. The zero-order valence-electron chi connectivity index (χ0n) is 6.26. The molecule has 0 bridgehead atoms. The molecule has 0 aliphatic heterocycles. The Labute approximate surface area is 66.8 Å². The molecule has 56 valence electrons.